The highest BCUT2D eigenvalue weighted by Gasteiger charge is 2.36. The molecule has 1 aromatic carbocycles. The van der Waals surface area contributed by atoms with E-state index in [2.05, 4.69) is 30.7 Å². The molecule has 2 aliphatic rings. The van der Waals surface area contributed by atoms with Gasteiger partial charge in [0, 0.05) is 42.2 Å². The highest BCUT2D eigenvalue weighted by molar-refractivity contribution is 8.00. The summed E-state index contributed by atoms with van der Waals surface area (Å²) in [5, 5.41) is 10.3. The summed E-state index contributed by atoms with van der Waals surface area (Å²) in [7, 11) is 0. The van der Waals surface area contributed by atoms with Gasteiger partial charge in [-0.25, -0.2) is 14.4 Å². The molecule has 3 atom stereocenters. The number of rotatable bonds is 7. The number of fused-ring (bicyclic) bond motifs is 1. The first-order chi connectivity index (χ1) is 19.2. The van der Waals surface area contributed by atoms with Crippen LogP contribution in [0, 0.1) is 0 Å². The molecule has 2 saturated heterocycles. The normalized spacial score (nSPS) is 22.1. The average molecular weight is 594 g/mol. The quantitative estimate of drug-likeness (QED) is 0.217. The summed E-state index contributed by atoms with van der Waals surface area (Å²) >= 11 is 0.843. The predicted molar refractivity (Wildman–Crippen MR) is 141 cm³/mol. The van der Waals surface area contributed by atoms with Gasteiger partial charge in [0.1, 0.15) is 18.0 Å². The van der Waals surface area contributed by atoms with E-state index in [9.17, 15) is 18.0 Å². The number of anilines is 1. The van der Waals surface area contributed by atoms with E-state index in [1.165, 1.54) is 0 Å². The second-order valence-electron chi connectivity index (χ2n) is 9.56. The smallest absolute Gasteiger partial charge is 0.378 e. The fourth-order valence-electron chi connectivity index (χ4n) is 4.93. The summed E-state index contributed by atoms with van der Waals surface area (Å²) in [4.78, 5) is 26.4. The lowest BCUT2D eigenvalue weighted by molar-refractivity contribution is -0.119. The van der Waals surface area contributed by atoms with Crippen molar-refractivity contribution in [3.05, 3.63) is 48.4 Å². The number of benzene rings is 1. The Morgan fingerprint density at radius 1 is 1.20 bits per heavy atom. The molecule has 2 N–H and O–H groups in total. The first-order valence-corrected chi connectivity index (χ1v) is 14.2. The van der Waals surface area contributed by atoms with Crippen LogP contribution in [0.1, 0.15) is 37.0 Å². The van der Waals surface area contributed by atoms with Crippen molar-refractivity contribution in [2.24, 2.45) is 0 Å². The van der Waals surface area contributed by atoms with E-state index in [0.717, 1.165) is 11.3 Å². The first kappa shape index (κ1) is 26.9. The number of likely N-dealkylation sites (tertiary alicyclic amines) is 1. The third-order valence-corrected chi connectivity index (χ3v) is 9.00. The van der Waals surface area contributed by atoms with Gasteiger partial charge in [0.2, 0.25) is 17.6 Å². The molecule has 0 radical (unpaired) electrons. The van der Waals surface area contributed by atoms with Gasteiger partial charge in [0.15, 0.2) is 0 Å². The maximum atomic E-state index is 15.3. The fourth-order valence-corrected chi connectivity index (χ4v) is 7.04. The van der Waals surface area contributed by atoms with E-state index in [1.807, 2.05) is 4.90 Å². The van der Waals surface area contributed by atoms with Gasteiger partial charge in [-0.05, 0) is 36.7 Å². The molecule has 15 heteroatoms. The van der Waals surface area contributed by atoms with E-state index in [0.29, 0.717) is 53.9 Å². The summed E-state index contributed by atoms with van der Waals surface area (Å²) in [5.74, 6) is 0.620. The van der Waals surface area contributed by atoms with Gasteiger partial charge in [0.25, 0.3) is 0 Å². The van der Waals surface area contributed by atoms with Crippen LogP contribution in [-0.2, 0) is 11.3 Å². The molecular weight excluding hydrogens is 570 g/mol. The summed E-state index contributed by atoms with van der Waals surface area (Å²) < 4.78 is 62.0. The minimum absolute atomic E-state index is 0.00913. The van der Waals surface area contributed by atoms with Crippen molar-refractivity contribution in [1.82, 2.24) is 30.3 Å². The van der Waals surface area contributed by atoms with E-state index < -0.39 is 23.8 Å². The summed E-state index contributed by atoms with van der Waals surface area (Å²) in [5.41, 5.74) is -4.02. The standard InChI is InChI=1S/C25H23F4N7O2S2/c26-14-11-36(12-18-30-8-2-9-31-18)10-7-15(14)32-16-4-1-3-13-20(16)39-22(21(13)40-25(27,28)29)23-34-24(38-35-23)17-5-6-19(37)33-17/h1-4,8-9,14-15,17,32H,5-7,10-12H2,(H,33,37)/t14-,15+,17+/m0/s1. The highest BCUT2D eigenvalue weighted by Crippen LogP contribution is 2.51. The second-order valence-corrected chi connectivity index (χ2v) is 11.7. The maximum absolute atomic E-state index is 15.3. The van der Waals surface area contributed by atoms with Crippen LogP contribution in [0.3, 0.4) is 0 Å². The lowest BCUT2D eigenvalue weighted by Crippen LogP contribution is -2.47. The van der Waals surface area contributed by atoms with Crippen molar-refractivity contribution in [3.63, 3.8) is 0 Å². The molecule has 6 rings (SSSR count). The minimum atomic E-state index is -4.56. The predicted octanol–water partition coefficient (Wildman–Crippen LogP) is 5.33. The van der Waals surface area contributed by atoms with Gasteiger partial charge >= 0.3 is 5.51 Å². The number of thiophene rings is 1. The van der Waals surface area contributed by atoms with E-state index in [4.69, 9.17) is 4.52 Å². The zero-order valence-corrected chi connectivity index (χ0v) is 22.5. The number of hydrogen-bond acceptors (Lipinski definition) is 10. The molecule has 2 fully saturated rings. The summed E-state index contributed by atoms with van der Waals surface area (Å²) in [6, 6.07) is 5.70. The number of carbonyl (C=O) groups is 1. The van der Waals surface area contributed by atoms with Crippen molar-refractivity contribution in [3.8, 4) is 10.7 Å². The van der Waals surface area contributed by atoms with Crippen LogP contribution in [0.25, 0.3) is 20.8 Å². The number of halogens is 4. The van der Waals surface area contributed by atoms with E-state index in [-0.39, 0.29) is 45.7 Å². The number of amides is 1. The number of nitrogens with zero attached hydrogens (tertiary/aromatic N) is 5. The van der Waals surface area contributed by atoms with Gasteiger partial charge in [-0.3, -0.25) is 9.69 Å². The molecule has 0 saturated carbocycles. The molecule has 9 nitrogen and oxygen atoms in total. The van der Waals surface area contributed by atoms with Crippen molar-refractivity contribution >= 4 is 44.8 Å². The molecule has 3 aromatic heterocycles. The Balaban J connectivity index is 1.26. The number of piperidine rings is 1. The molecule has 0 aliphatic carbocycles. The van der Waals surface area contributed by atoms with Crippen LogP contribution >= 0.6 is 23.1 Å². The second kappa shape index (κ2) is 10.9. The fraction of sp³-hybridized carbons (Fsp3) is 0.400. The van der Waals surface area contributed by atoms with Crippen LogP contribution in [0.2, 0.25) is 0 Å². The largest absolute Gasteiger partial charge is 0.446 e. The molecule has 5 heterocycles. The van der Waals surface area contributed by atoms with Crippen molar-refractivity contribution in [1.29, 1.82) is 0 Å². The Labute approximate surface area is 233 Å². The number of alkyl halides is 4. The number of carbonyl (C=O) groups excluding carboxylic acids is 1. The van der Waals surface area contributed by atoms with Crippen molar-refractivity contribution < 1.29 is 26.9 Å². The summed E-state index contributed by atoms with van der Waals surface area (Å²) in [6.07, 6.45) is 3.35. The van der Waals surface area contributed by atoms with Gasteiger partial charge < -0.3 is 15.2 Å². The Bertz CT molecular complexity index is 1510. The number of nitrogens with one attached hydrogen (secondary N) is 2. The van der Waals surface area contributed by atoms with Crippen LogP contribution < -0.4 is 10.6 Å². The monoisotopic (exact) mass is 593 g/mol. The van der Waals surface area contributed by atoms with Gasteiger partial charge in [-0.15, -0.1) is 11.3 Å². The van der Waals surface area contributed by atoms with E-state index in [1.54, 1.807) is 36.7 Å². The first-order valence-electron chi connectivity index (χ1n) is 12.6. The number of aromatic nitrogens is 4. The third kappa shape index (κ3) is 5.76. The number of thioether (sulfide) groups is 1. The maximum Gasteiger partial charge on any atom is 0.446 e. The SMILES string of the molecule is O=C1CC[C@H](c2nc(-c3sc4c(N[C@@H]5CCN(Cc6ncccn6)C[C@@H]5F)cccc4c3SC(F)(F)F)no2)N1. The molecule has 210 valence electrons. The molecule has 40 heavy (non-hydrogen) atoms. The highest BCUT2D eigenvalue weighted by atomic mass is 32.2. The van der Waals surface area contributed by atoms with Crippen LogP contribution in [0.15, 0.2) is 46.1 Å². The Morgan fingerprint density at radius 3 is 2.75 bits per heavy atom. The molecule has 0 unspecified atom stereocenters. The third-order valence-electron chi connectivity index (χ3n) is 6.78. The number of hydrogen-bond donors (Lipinski definition) is 2. The average Bonchev–Trinajstić information content (AvgIpc) is 3.65. The van der Waals surface area contributed by atoms with Crippen molar-refractivity contribution in [2.45, 2.75) is 54.5 Å². The van der Waals surface area contributed by atoms with Gasteiger partial charge in [-0.2, -0.15) is 18.2 Å². The Morgan fingerprint density at radius 2 is 2.02 bits per heavy atom. The van der Waals surface area contributed by atoms with Gasteiger partial charge in [0.05, 0.1) is 27.9 Å². The lowest BCUT2D eigenvalue weighted by Gasteiger charge is -2.35. The lowest BCUT2D eigenvalue weighted by atomic mass is 10.0. The molecule has 0 bridgehead atoms. The Hall–Kier alpha value is -3.30. The minimum Gasteiger partial charge on any atom is -0.378 e. The van der Waals surface area contributed by atoms with Crippen LogP contribution in [0.4, 0.5) is 23.2 Å². The molecule has 1 amide bonds. The van der Waals surface area contributed by atoms with Crippen molar-refractivity contribution in [2.75, 3.05) is 18.4 Å². The zero-order valence-electron chi connectivity index (χ0n) is 20.8. The van der Waals surface area contributed by atoms with Crippen LogP contribution in [0.5, 0.6) is 0 Å². The molecule has 0 spiro atoms. The molecule has 4 aromatic rings. The summed E-state index contributed by atoms with van der Waals surface area (Å²) in [6.45, 7) is 1.23. The van der Waals surface area contributed by atoms with Gasteiger partial charge in [-0.1, -0.05) is 17.3 Å². The van der Waals surface area contributed by atoms with E-state index >= 15 is 4.39 Å². The zero-order chi connectivity index (χ0) is 27.9. The van der Waals surface area contributed by atoms with Crippen LogP contribution in [-0.4, -0.2) is 61.7 Å². The Kier molecular flexibility index (Phi) is 7.35. The topological polar surface area (TPSA) is 109 Å². The molecule has 2 aliphatic heterocycles. The molecular formula is C25H23F4N7O2S2.